The third-order valence-electron chi connectivity index (χ3n) is 2.92. The Morgan fingerprint density at radius 3 is 2.48 bits per heavy atom. The Bertz CT molecular complexity index is 596. The fourth-order valence-corrected chi connectivity index (χ4v) is 2.85. The lowest BCUT2D eigenvalue weighted by Gasteiger charge is -2.07. The molecule has 3 nitrogen and oxygen atoms in total. The molecule has 2 aromatic rings. The summed E-state index contributed by atoms with van der Waals surface area (Å²) in [7, 11) is 0. The van der Waals surface area contributed by atoms with Crippen molar-refractivity contribution in [2.45, 2.75) is 43.8 Å². The molecule has 1 aromatic carbocycles. The number of halogens is 1. The van der Waals surface area contributed by atoms with E-state index in [4.69, 9.17) is 0 Å². The molecule has 0 saturated heterocycles. The van der Waals surface area contributed by atoms with Gasteiger partial charge in [0.05, 0.1) is 4.90 Å². The van der Waals surface area contributed by atoms with Crippen LogP contribution in [0.25, 0.3) is 0 Å². The van der Waals surface area contributed by atoms with Gasteiger partial charge in [-0.3, -0.25) is 0 Å². The van der Waals surface area contributed by atoms with Gasteiger partial charge in [0.25, 0.3) is 0 Å². The summed E-state index contributed by atoms with van der Waals surface area (Å²) in [5.41, 5.74) is 2.74. The standard InChI is InChI=1S/C16H20FN3S/c1-4-7-18-10-13-5-6-15(14(17)9-13)21-16-19-11(2)8-12(3)20-16/h5-6,8-9,18H,4,7,10H2,1-3H3. The van der Waals surface area contributed by atoms with E-state index in [1.54, 1.807) is 12.1 Å². The number of hydrogen-bond donors (Lipinski definition) is 1. The van der Waals surface area contributed by atoms with Gasteiger partial charge in [0.2, 0.25) is 0 Å². The van der Waals surface area contributed by atoms with Gasteiger partial charge in [0.1, 0.15) is 5.82 Å². The molecule has 0 saturated carbocycles. The van der Waals surface area contributed by atoms with Crippen LogP contribution in [0.4, 0.5) is 4.39 Å². The Morgan fingerprint density at radius 2 is 1.86 bits per heavy atom. The van der Waals surface area contributed by atoms with Gasteiger partial charge in [0, 0.05) is 17.9 Å². The lowest BCUT2D eigenvalue weighted by atomic mass is 10.2. The number of benzene rings is 1. The summed E-state index contributed by atoms with van der Waals surface area (Å²) in [4.78, 5) is 9.21. The molecule has 5 heteroatoms. The van der Waals surface area contributed by atoms with Crippen LogP contribution in [0.1, 0.15) is 30.3 Å². The van der Waals surface area contributed by atoms with Gasteiger partial charge in [-0.2, -0.15) is 0 Å². The lowest BCUT2D eigenvalue weighted by Crippen LogP contribution is -2.13. The fourth-order valence-electron chi connectivity index (χ4n) is 1.98. The number of rotatable bonds is 6. The molecule has 2 rings (SSSR count). The highest BCUT2D eigenvalue weighted by Gasteiger charge is 2.08. The van der Waals surface area contributed by atoms with Gasteiger partial charge < -0.3 is 5.32 Å². The van der Waals surface area contributed by atoms with E-state index in [0.717, 1.165) is 29.9 Å². The van der Waals surface area contributed by atoms with Crippen LogP contribution in [0.15, 0.2) is 34.3 Å². The molecule has 21 heavy (non-hydrogen) atoms. The molecule has 0 unspecified atom stereocenters. The van der Waals surface area contributed by atoms with E-state index in [1.165, 1.54) is 11.8 Å². The van der Waals surface area contributed by atoms with Crippen LogP contribution < -0.4 is 5.32 Å². The molecular formula is C16H20FN3S. The molecular weight excluding hydrogens is 285 g/mol. The number of hydrogen-bond acceptors (Lipinski definition) is 4. The summed E-state index contributed by atoms with van der Waals surface area (Å²) in [6.45, 7) is 7.57. The summed E-state index contributed by atoms with van der Waals surface area (Å²) < 4.78 is 14.1. The maximum Gasteiger partial charge on any atom is 0.192 e. The molecule has 0 amide bonds. The predicted octanol–water partition coefficient (Wildman–Crippen LogP) is 3.88. The first-order chi connectivity index (χ1) is 10.1. The Labute approximate surface area is 129 Å². The first-order valence-electron chi connectivity index (χ1n) is 7.07. The largest absolute Gasteiger partial charge is 0.313 e. The molecule has 1 aromatic heterocycles. The van der Waals surface area contributed by atoms with Crippen molar-refractivity contribution in [3.8, 4) is 0 Å². The van der Waals surface area contributed by atoms with Crippen molar-refractivity contribution in [2.24, 2.45) is 0 Å². The summed E-state index contributed by atoms with van der Waals surface area (Å²) in [5.74, 6) is -0.224. The molecule has 0 radical (unpaired) electrons. The SMILES string of the molecule is CCCNCc1ccc(Sc2nc(C)cc(C)n2)c(F)c1. The molecule has 0 aliphatic rings. The molecule has 1 heterocycles. The van der Waals surface area contributed by atoms with Gasteiger partial charge in [-0.15, -0.1) is 0 Å². The van der Waals surface area contributed by atoms with E-state index in [2.05, 4.69) is 22.2 Å². The smallest absolute Gasteiger partial charge is 0.192 e. The van der Waals surface area contributed by atoms with Gasteiger partial charge in [0.15, 0.2) is 5.16 Å². The lowest BCUT2D eigenvalue weighted by molar-refractivity contribution is 0.594. The molecule has 0 fully saturated rings. The molecule has 0 atom stereocenters. The first kappa shape index (κ1) is 15.9. The molecule has 0 aliphatic heterocycles. The van der Waals surface area contributed by atoms with E-state index in [9.17, 15) is 4.39 Å². The Morgan fingerprint density at radius 1 is 1.14 bits per heavy atom. The molecule has 1 N–H and O–H groups in total. The second-order valence-electron chi connectivity index (χ2n) is 4.98. The Balaban J connectivity index is 2.10. The van der Waals surface area contributed by atoms with Crippen molar-refractivity contribution in [2.75, 3.05) is 6.54 Å². The zero-order valence-electron chi connectivity index (χ0n) is 12.6. The minimum absolute atomic E-state index is 0.224. The zero-order chi connectivity index (χ0) is 15.2. The second-order valence-corrected chi connectivity index (χ2v) is 5.99. The molecule has 0 spiro atoms. The van der Waals surface area contributed by atoms with Crippen molar-refractivity contribution < 1.29 is 4.39 Å². The molecule has 0 aliphatic carbocycles. The highest BCUT2D eigenvalue weighted by molar-refractivity contribution is 7.99. The van der Waals surface area contributed by atoms with Crippen molar-refractivity contribution in [1.82, 2.24) is 15.3 Å². The van der Waals surface area contributed by atoms with Crippen LogP contribution >= 0.6 is 11.8 Å². The average molecular weight is 305 g/mol. The van der Waals surface area contributed by atoms with Crippen LogP contribution in [0, 0.1) is 19.7 Å². The second kappa shape index (κ2) is 7.52. The van der Waals surface area contributed by atoms with Crippen molar-refractivity contribution in [3.63, 3.8) is 0 Å². The average Bonchev–Trinajstić information content (AvgIpc) is 2.41. The van der Waals surface area contributed by atoms with E-state index in [0.29, 0.717) is 16.6 Å². The van der Waals surface area contributed by atoms with Crippen molar-refractivity contribution in [3.05, 3.63) is 47.0 Å². The summed E-state index contributed by atoms with van der Waals surface area (Å²) in [6.07, 6.45) is 1.07. The number of aryl methyl sites for hydroxylation is 2. The third kappa shape index (κ3) is 4.79. The minimum Gasteiger partial charge on any atom is -0.313 e. The highest BCUT2D eigenvalue weighted by Crippen LogP contribution is 2.28. The number of nitrogens with zero attached hydrogens (tertiary/aromatic N) is 2. The van der Waals surface area contributed by atoms with Gasteiger partial charge >= 0.3 is 0 Å². The first-order valence-corrected chi connectivity index (χ1v) is 7.89. The number of aromatic nitrogens is 2. The highest BCUT2D eigenvalue weighted by atomic mass is 32.2. The fraction of sp³-hybridized carbons (Fsp3) is 0.375. The van der Waals surface area contributed by atoms with Crippen LogP contribution in [-0.2, 0) is 6.54 Å². The topological polar surface area (TPSA) is 37.8 Å². The summed E-state index contributed by atoms with van der Waals surface area (Å²) >= 11 is 1.26. The van der Waals surface area contributed by atoms with Crippen molar-refractivity contribution >= 4 is 11.8 Å². The van der Waals surface area contributed by atoms with E-state index >= 15 is 0 Å². The summed E-state index contributed by atoms with van der Waals surface area (Å²) in [6, 6.07) is 7.22. The van der Waals surface area contributed by atoms with Gasteiger partial charge in [-0.1, -0.05) is 13.0 Å². The van der Waals surface area contributed by atoms with E-state index < -0.39 is 0 Å². The van der Waals surface area contributed by atoms with Crippen LogP contribution in [0.3, 0.4) is 0 Å². The Hall–Kier alpha value is -1.46. The van der Waals surface area contributed by atoms with Gasteiger partial charge in [-0.05, 0) is 62.3 Å². The van der Waals surface area contributed by atoms with E-state index in [-0.39, 0.29) is 5.82 Å². The predicted molar refractivity (Wildman–Crippen MR) is 84.0 cm³/mol. The summed E-state index contributed by atoms with van der Waals surface area (Å²) in [5, 5.41) is 3.85. The maximum atomic E-state index is 14.1. The van der Waals surface area contributed by atoms with E-state index in [1.807, 2.05) is 26.0 Å². The quantitative estimate of drug-likeness (QED) is 0.649. The monoisotopic (exact) mass is 305 g/mol. The maximum absolute atomic E-state index is 14.1. The molecule has 112 valence electrons. The zero-order valence-corrected chi connectivity index (χ0v) is 13.4. The minimum atomic E-state index is -0.224. The van der Waals surface area contributed by atoms with Crippen LogP contribution in [0.2, 0.25) is 0 Å². The number of nitrogens with one attached hydrogen (secondary N) is 1. The third-order valence-corrected chi connectivity index (χ3v) is 3.83. The Kier molecular flexibility index (Phi) is 5.70. The molecule has 0 bridgehead atoms. The van der Waals surface area contributed by atoms with Gasteiger partial charge in [-0.25, -0.2) is 14.4 Å². The van der Waals surface area contributed by atoms with Crippen LogP contribution in [0.5, 0.6) is 0 Å². The van der Waals surface area contributed by atoms with Crippen molar-refractivity contribution in [1.29, 1.82) is 0 Å². The normalized spacial score (nSPS) is 10.9. The van der Waals surface area contributed by atoms with Crippen LogP contribution in [-0.4, -0.2) is 16.5 Å².